The zero-order valence-electron chi connectivity index (χ0n) is 17.9. The molecule has 29 heavy (non-hydrogen) atoms. The molecular formula is C23H30N4O2. The lowest BCUT2D eigenvalue weighted by molar-refractivity contribution is 0.417. The van der Waals surface area contributed by atoms with E-state index in [1.54, 1.807) is 0 Å². The molecule has 1 aromatic carbocycles. The van der Waals surface area contributed by atoms with Gasteiger partial charge in [-0.25, -0.2) is 9.97 Å². The number of aromatic nitrogens is 2. The molecule has 0 spiro atoms. The summed E-state index contributed by atoms with van der Waals surface area (Å²) in [4.78, 5) is 13.7. The van der Waals surface area contributed by atoms with Crippen molar-refractivity contribution in [3.05, 3.63) is 60.0 Å². The van der Waals surface area contributed by atoms with E-state index >= 15 is 0 Å². The maximum atomic E-state index is 5.97. The molecule has 3 aromatic rings. The Morgan fingerprint density at radius 3 is 2.00 bits per heavy atom. The van der Waals surface area contributed by atoms with Crippen LogP contribution in [-0.2, 0) is 13.1 Å². The first-order chi connectivity index (χ1) is 13.9. The lowest BCUT2D eigenvalue weighted by Crippen LogP contribution is -2.47. The van der Waals surface area contributed by atoms with E-state index in [9.17, 15) is 0 Å². The van der Waals surface area contributed by atoms with Crippen molar-refractivity contribution in [3.63, 3.8) is 0 Å². The maximum Gasteiger partial charge on any atom is 0.213 e. The van der Waals surface area contributed by atoms with Crippen molar-refractivity contribution in [3.8, 4) is 0 Å². The third kappa shape index (κ3) is 4.02. The number of oxazole rings is 2. The molecule has 4 rings (SSSR count). The highest BCUT2D eigenvalue weighted by Crippen LogP contribution is 2.37. The van der Waals surface area contributed by atoms with Crippen LogP contribution in [0.25, 0.3) is 0 Å². The lowest BCUT2D eigenvalue weighted by atomic mass is 10.1. The Morgan fingerprint density at radius 2 is 1.45 bits per heavy atom. The number of anilines is 2. The molecule has 0 aliphatic carbocycles. The number of fused-ring (bicyclic) bond motifs is 1. The Labute approximate surface area is 172 Å². The van der Waals surface area contributed by atoms with Gasteiger partial charge in [-0.3, -0.25) is 0 Å². The van der Waals surface area contributed by atoms with Gasteiger partial charge >= 0.3 is 0 Å². The second kappa shape index (κ2) is 7.93. The van der Waals surface area contributed by atoms with Crippen LogP contribution in [0, 0.1) is 0 Å². The van der Waals surface area contributed by atoms with Crippen LogP contribution in [0.15, 0.2) is 45.5 Å². The van der Waals surface area contributed by atoms with Crippen molar-refractivity contribution in [1.29, 1.82) is 0 Å². The van der Waals surface area contributed by atoms with Crippen LogP contribution in [0.4, 0.5) is 11.4 Å². The Morgan fingerprint density at radius 1 is 0.897 bits per heavy atom. The second-order valence-electron chi connectivity index (χ2n) is 8.47. The van der Waals surface area contributed by atoms with Gasteiger partial charge < -0.3 is 18.6 Å². The minimum atomic E-state index is 0.304. The van der Waals surface area contributed by atoms with Crippen molar-refractivity contribution >= 4 is 11.4 Å². The van der Waals surface area contributed by atoms with Crippen molar-refractivity contribution in [2.45, 2.75) is 65.6 Å². The zero-order valence-corrected chi connectivity index (χ0v) is 17.9. The fourth-order valence-corrected chi connectivity index (χ4v) is 3.76. The van der Waals surface area contributed by atoms with E-state index in [2.05, 4.69) is 78.7 Å². The average molecular weight is 395 g/mol. The minimum Gasteiger partial charge on any atom is -0.444 e. The number of benzene rings is 1. The van der Waals surface area contributed by atoms with Gasteiger partial charge in [0.1, 0.15) is 11.5 Å². The van der Waals surface area contributed by atoms with Gasteiger partial charge in [-0.2, -0.15) is 0 Å². The second-order valence-corrected chi connectivity index (χ2v) is 8.47. The van der Waals surface area contributed by atoms with Crippen LogP contribution < -0.4 is 9.80 Å². The quantitative estimate of drug-likeness (QED) is 0.564. The first-order valence-corrected chi connectivity index (χ1v) is 10.4. The van der Waals surface area contributed by atoms with Crippen LogP contribution in [-0.4, -0.2) is 22.6 Å². The van der Waals surface area contributed by atoms with E-state index in [1.165, 1.54) is 11.4 Å². The molecule has 0 saturated carbocycles. The summed E-state index contributed by atoms with van der Waals surface area (Å²) in [5.41, 5.74) is 2.37. The summed E-state index contributed by atoms with van der Waals surface area (Å²) in [6.07, 6.45) is 3.70. The molecular weight excluding hydrogens is 364 g/mol. The van der Waals surface area contributed by atoms with Gasteiger partial charge in [-0.05, 0) is 19.1 Å². The molecule has 6 nitrogen and oxygen atoms in total. The van der Waals surface area contributed by atoms with Gasteiger partial charge in [-0.15, -0.1) is 0 Å². The number of nitrogens with zero attached hydrogens (tertiary/aromatic N) is 4. The number of hydrogen-bond acceptors (Lipinski definition) is 6. The SMILES string of the molecule is CC(C)c1cnc(CN2C[C@H](C)N(Cc3ncc(C(C)C)o3)c3ccccc32)o1. The van der Waals surface area contributed by atoms with Gasteiger partial charge in [0.05, 0.1) is 36.9 Å². The number of hydrogen-bond donors (Lipinski definition) is 0. The van der Waals surface area contributed by atoms with Crippen molar-refractivity contribution < 1.29 is 8.83 Å². The summed E-state index contributed by atoms with van der Waals surface area (Å²) >= 11 is 0. The summed E-state index contributed by atoms with van der Waals surface area (Å²) in [7, 11) is 0. The molecule has 0 bridgehead atoms. The van der Waals surface area contributed by atoms with E-state index in [0.717, 1.165) is 29.8 Å². The molecule has 154 valence electrons. The highest BCUT2D eigenvalue weighted by Gasteiger charge is 2.30. The fourth-order valence-electron chi connectivity index (χ4n) is 3.76. The van der Waals surface area contributed by atoms with E-state index in [-0.39, 0.29) is 0 Å². The zero-order chi connectivity index (χ0) is 20.5. The predicted octanol–water partition coefficient (Wildman–Crippen LogP) is 5.32. The van der Waals surface area contributed by atoms with Gasteiger partial charge in [0.25, 0.3) is 0 Å². The maximum absolute atomic E-state index is 5.97. The monoisotopic (exact) mass is 394 g/mol. The minimum absolute atomic E-state index is 0.304. The number of para-hydroxylation sites is 2. The highest BCUT2D eigenvalue weighted by molar-refractivity contribution is 5.73. The van der Waals surface area contributed by atoms with Crippen LogP contribution in [0.5, 0.6) is 0 Å². The summed E-state index contributed by atoms with van der Waals surface area (Å²) in [5, 5.41) is 0. The molecule has 0 fully saturated rings. The Hall–Kier alpha value is -2.76. The van der Waals surface area contributed by atoms with Crippen molar-refractivity contribution in [2.24, 2.45) is 0 Å². The summed E-state index contributed by atoms with van der Waals surface area (Å²) in [6.45, 7) is 12.9. The lowest BCUT2D eigenvalue weighted by Gasteiger charge is -2.42. The molecule has 1 aliphatic heterocycles. The summed E-state index contributed by atoms with van der Waals surface area (Å²) < 4.78 is 11.9. The first-order valence-electron chi connectivity index (χ1n) is 10.4. The van der Waals surface area contributed by atoms with Gasteiger partial charge in [-0.1, -0.05) is 39.8 Å². The number of rotatable bonds is 6. The standard InChI is InChI=1S/C23H30N4O2/c1-15(2)20-10-24-22(28-20)13-26-12-17(5)27(19-9-7-6-8-18(19)26)14-23-25-11-21(29-23)16(3)4/h6-11,15-17H,12-14H2,1-5H3/t17-/m0/s1. The van der Waals surface area contributed by atoms with Crippen LogP contribution in [0.1, 0.15) is 69.8 Å². The predicted molar refractivity (Wildman–Crippen MR) is 114 cm³/mol. The Kier molecular flexibility index (Phi) is 5.35. The third-order valence-electron chi connectivity index (χ3n) is 5.46. The molecule has 0 N–H and O–H groups in total. The van der Waals surface area contributed by atoms with E-state index in [0.29, 0.717) is 31.0 Å². The summed E-state index contributed by atoms with van der Waals surface area (Å²) in [5.74, 6) is 4.08. The topological polar surface area (TPSA) is 58.5 Å². The van der Waals surface area contributed by atoms with E-state index in [4.69, 9.17) is 8.83 Å². The molecule has 2 aromatic heterocycles. The van der Waals surface area contributed by atoms with Gasteiger partial charge in [0.2, 0.25) is 11.8 Å². The largest absolute Gasteiger partial charge is 0.444 e. The van der Waals surface area contributed by atoms with Gasteiger partial charge in [0, 0.05) is 24.4 Å². The fraction of sp³-hybridized carbons (Fsp3) is 0.478. The summed E-state index contributed by atoms with van der Waals surface area (Å²) in [6, 6.07) is 8.80. The van der Waals surface area contributed by atoms with Crippen molar-refractivity contribution in [2.75, 3.05) is 16.3 Å². The molecule has 0 amide bonds. The molecule has 0 saturated heterocycles. The molecule has 0 unspecified atom stereocenters. The average Bonchev–Trinajstić information content (AvgIpc) is 3.34. The van der Waals surface area contributed by atoms with Crippen molar-refractivity contribution in [1.82, 2.24) is 9.97 Å². The van der Waals surface area contributed by atoms with Gasteiger partial charge in [0.15, 0.2) is 0 Å². The smallest absolute Gasteiger partial charge is 0.213 e. The van der Waals surface area contributed by atoms with Crippen LogP contribution in [0.3, 0.4) is 0 Å². The van der Waals surface area contributed by atoms with E-state index < -0.39 is 0 Å². The molecule has 1 aliphatic rings. The normalized spacial score (nSPS) is 16.7. The van der Waals surface area contributed by atoms with Crippen LogP contribution in [0.2, 0.25) is 0 Å². The van der Waals surface area contributed by atoms with Crippen LogP contribution >= 0.6 is 0 Å². The highest BCUT2D eigenvalue weighted by atomic mass is 16.4. The Bertz CT molecular complexity index is 959. The molecule has 1 atom stereocenters. The van der Waals surface area contributed by atoms with E-state index in [1.807, 2.05) is 12.4 Å². The molecule has 3 heterocycles. The molecule has 6 heteroatoms. The third-order valence-corrected chi connectivity index (χ3v) is 5.46. The Balaban J connectivity index is 1.57. The molecule has 0 radical (unpaired) electrons. The first kappa shape index (κ1) is 19.6.